The molecule has 4 nitrogen and oxygen atoms in total. The molecular weight excluding hydrogens is 247 g/mol. The maximum atomic E-state index is 12.8. The van der Waals surface area contributed by atoms with Gasteiger partial charge in [-0.3, -0.25) is 4.79 Å². The highest BCUT2D eigenvalue weighted by atomic mass is 19.1. The van der Waals surface area contributed by atoms with E-state index in [-0.39, 0.29) is 5.56 Å². The van der Waals surface area contributed by atoms with Gasteiger partial charge in [0.1, 0.15) is 11.6 Å². The molecule has 98 valence electrons. The number of carbonyl (C=O) groups excluding carboxylic acids is 1. The van der Waals surface area contributed by atoms with Crippen molar-refractivity contribution in [3.63, 3.8) is 0 Å². The van der Waals surface area contributed by atoms with Crippen molar-refractivity contribution >= 4 is 17.3 Å². The van der Waals surface area contributed by atoms with E-state index in [0.717, 1.165) is 17.7 Å². The smallest absolute Gasteiger partial charge is 0.259 e. The van der Waals surface area contributed by atoms with Crippen LogP contribution in [0.3, 0.4) is 0 Å². The van der Waals surface area contributed by atoms with Crippen molar-refractivity contribution in [2.24, 2.45) is 0 Å². The third-order valence-corrected chi connectivity index (χ3v) is 2.73. The number of anilines is 2. The summed E-state index contributed by atoms with van der Waals surface area (Å²) in [5.74, 6) is -1.51. The van der Waals surface area contributed by atoms with Crippen LogP contribution in [0.4, 0.5) is 15.8 Å². The van der Waals surface area contributed by atoms with E-state index in [2.05, 4.69) is 5.32 Å². The second-order valence-electron chi connectivity index (χ2n) is 4.19. The lowest BCUT2D eigenvalue weighted by atomic mass is 10.1. The summed E-state index contributed by atoms with van der Waals surface area (Å²) in [4.78, 5) is 11.9. The molecule has 0 saturated carbocycles. The molecule has 0 atom stereocenters. The summed E-state index contributed by atoms with van der Waals surface area (Å²) >= 11 is 0. The number of aryl methyl sites for hydroxylation is 1. The molecule has 1 amide bonds. The fourth-order valence-electron chi connectivity index (χ4n) is 1.65. The zero-order valence-electron chi connectivity index (χ0n) is 10.3. The number of carbonyl (C=O) groups is 1. The average molecular weight is 260 g/mol. The number of halogens is 1. The summed E-state index contributed by atoms with van der Waals surface area (Å²) in [7, 11) is 0. The molecule has 2 rings (SSSR count). The second-order valence-corrected chi connectivity index (χ2v) is 4.19. The molecule has 0 spiro atoms. The first-order chi connectivity index (χ1) is 8.97. The number of phenolic OH excluding ortho intramolecular Hbond substituents is 1. The molecule has 2 aromatic rings. The number of nitrogen functional groups attached to an aromatic ring is 1. The van der Waals surface area contributed by atoms with Crippen molar-refractivity contribution in [1.82, 2.24) is 0 Å². The summed E-state index contributed by atoms with van der Waals surface area (Å²) in [6.45, 7) is 1.82. The van der Waals surface area contributed by atoms with E-state index in [4.69, 9.17) is 5.73 Å². The van der Waals surface area contributed by atoms with Crippen LogP contribution in [0.15, 0.2) is 36.4 Å². The van der Waals surface area contributed by atoms with Crippen LogP contribution in [0.5, 0.6) is 5.75 Å². The van der Waals surface area contributed by atoms with E-state index in [1.54, 1.807) is 18.2 Å². The zero-order chi connectivity index (χ0) is 14.0. The van der Waals surface area contributed by atoms with Gasteiger partial charge in [0, 0.05) is 17.4 Å². The van der Waals surface area contributed by atoms with E-state index in [9.17, 15) is 14.3 Å². The van der Waals surface area contributed by atoms with Crippen molar-refractivity contribution in [1.29, 1.82) is 0 Å². The minimum atomic E-state index is -0.600. The number of rotatable bonds is 2. The topological polar surface area (TPSA) is 75.3 Å². The summed E-state index contributed by atoms with van der Waals surface area (Å²) < 4.78 is 12.8. The van der Waals surface area contributed by atoms with Gasteiger partial charge in [-0.2, -0.15) is 0 Å². The lowest BCUT2D eigenvalue weighted by molar-refractivity contribution is 0.102. The Bertz CT molecular complexity index is 641. The molecule has 0 aromatic heterocycles. The van der Waals surface area contributed by atoms with Gasteiger partial charge in [-0.05, 0) is 42.8 Å². The Morgan fingerprint density at radius 3 is 2.63 bits per heavy atom. The predicted octanol–water partition coefficient (Wildman–Crippen LogP) is 2.67. The summed E-state index contributed by atoms with van der Waals surface area (Å²) in [5.41, 5.74) is 7.70. The summed E-state index contributed by atoms with van der Waals surface area (Å²) in [6.07, 6.45) is 0. The monoisotopic (exact) mass is 260 g/mol. The number of nitrogens with two attached hydrogens (primary N) is 1. The second kappa shape index (κ2) is 4.97. The van der Waals surface area contributed by atoms with Crippen molar-refractivity contribution < 1.29 is 14.3 Å². The number of hydrogen-bond acceptors (Lipinski definition) is 3. The van der Waals surface area contributed by atoms with Crippen LogP contribution in [0.2, 0.25) is 0 Å². The Hall–Kier alpha value is -2.56. The molecule has 0 aliphatic carbocycles. The quantitative estimate of drug-likeness (QED) is 0.727. The van der Waals surface area contributed by atoms with Crippen molar-refractivity contribution in [2.45, 2.75) is 6.92 Å². The van der Waals surface area contributed by atoms with Gasteiger partial charge in [-0.25, -0.2) is 4.39 Å². The molecule has 19 heavy (non-hydrogen) atoms. The predicted molar refractivity (Wildman–Crippen MR) is 71.6 cm³/mol. The van der Waals surface area contributed by atoms with Gasteiger partial charge in [0.25, 0.3) is 5.91 Å². The first-order valence-electron chi connectivity index (χ1n) is 5.63. The molecule has 0 fully saturated rings. The van der Waals surface area contributed by atoms with Gasteiger partial charge in [-0.15, -0.1) is 0 Å². The Morgan fingerprint density at radius 2 is 2.00 bits per heavy atom. The van der Waals surface area contributed by atoms with E-state index >= 15 is 0 Å². The van der Waals surface area contributed by atoms with Gasteiger partial charge in [0.05, 0.1) is 5.56 Å². The molecule has 0 heterocycles. The first-order valence-corrected chi connectivity index (χ1v) is 5.63. The van der Waals surface area contributed by atoms with Gasteiger partial charge in [0.2, 0.25) is 0 Å². The maximum absolute atomic E-state index is 12.8. The minimum absolute atomic E-state index is 0.0101. The Morgan fingerprint density at radius 1 is 1.26 bits per heavy atom. The lowest BCUT2D eigenvalue weighted by Gasteiger charge is -2.08. The molecule has 5 heteroatoms. The fraction of sp³-hybridized carbons (Fsp3) is 0.0714. The molecule has 0 radical (unpaired) electrons. The third-order valence-electron chi connectivity index (χ3n) is 2.73. The highest BCUT2D eigenvalue weighted by Gasteiger charge is 2.12. The molecule has 0 aliphatic rings. The zero-order valence-corrected chi connectivity index (χ0v) is 10.3. The number of nitrogens with one attached hydrogen (secondary N) is 1. The van der Waals surface area contributed by atoms with Crippen LogP contribution in [0.25, 0.3) is 0 Å². The van der Waals surface area contributed by atoms with Crippen LogP contribution < -0.4 is 11.1 Å². The van der Waals surface area contributed by atoms with E-state index in [1.165, 1.54) is 6.07 Å². The van der Waals surface area contributed by atoms with E-state index in [0.29, 0.717) is 11.4 Å². The number of hydrogen-bond donors (Lipinski definition) is 3. The van der Waals surface area contributed by atoms with Gasteiger partial charge < -0.3 is 16.2 Å². The van der Waals surface area contributed by atoms with Crippen LogP contribution in [0.1, 0.15) is 15.9 Å². The molecule has 0 aliphatic heterocycles. The van der Waals surface area contributed by atoms with E-state index < -0.39 is 17.5 Å². The van der Waals surface area contributed by atoms with Gasteiger partial charge in [0.15, 0.2) is 0 Å². The van der Waals surface area contributed by atoms with Crippen molar-refractivity contribution in [2.75, 3.05) is 11.1 Å². The highest BCUT2D eigenvalue weighted by Crippen LogP contribution is 2.21. The molecule has 0 saturated heterocycles. The van der Waals surface area contributed by atoms with Crippen LogP contribution >= 0.6 is 0 Å². The maximum Gasteiger partial charge on any atom is 0.259 e. The summed E-state index contributed by atoms with van der Waals surface area (Å²) in [5, 5.41) is 12.1. The Balaban J connectivity index is 2.23. The van der Waals surface area contributed by atoms with Gasteiger partial charge >= 0.3 is 0 Å². The Kier molecular flexibility index (Phi) is 3.37. The summed E-state index contributed by atoms with van der Waals surface area (Å²) in [6, 6.07) is 8.28. The largest absolute Gasteiger partial charge is 0.507 e. The molecule has 2 aromatic carbocycles. The minimum Gasteiger partial charge on any atom is -0.507 e. The highest BCUT2D eigenvalue weighted by molar-refractivity contribution is 6.06. The van der Waals surface area contributed by atoms with Crippen molar-refractivity contribution in [3.8, 4) is 5.75 Å². The van der Waals surface area contributed by atoms with Crippen LogP contribution in [-0.2, 0) is 0 Å². The average Bonchev–Trinajstić information content (AvgIpc) is 2.33. The number of phenols is 1. The van der Waals surface area contributed by atoms with Gasteiger partial charge in [-0.1, -0.05) is 0 Å². The van der Waals surface area contributed by atoms with Crippen molar-refractivity contribution in [3.05, 3.63) is 53.3 Å². The first kappa shape index (κ1) is 12.9. The lowest BCUT2D eigenvalue weighted by Crippen LogP contribution is -2.12. The third kappa shape index (κ3) is 2.82. The van der Waals surface area contributed by atoms with E-state index in [1.807, 2.05) is 6.92 Å². The fourth-order valence-corrected chi connectivity index (χ4v) is 1.65. The van der Waals surface area contributed by atoms with Crippen LogP contribution in [-0.4, -0.2) is 11.0 Å². The number of aromatic hydroxyl groups is 1. The standard InChI is InChI=1S/C14H13FN2O2/c1-8-6-10(3-5-12(8)16)17-14(19)11-4-2-9(15)7-13(11)18/h2-7,18H,16H2,1H3,(H,17,19). The molecule has 0 bridgehead atoms. The number of amides is 1. The molecular formula is C14H13FN2O2. The molecule has 4 N–H and O–H groups in total. The van der Waals surface area contributed by atoms with Crippen LogP contribution in [0, 0.1) is 12.7 Å². The molecule has 0 unspecified atom stereocenters. The SMILES string of the molecule is Cc1cc(NC(=O)c2ccc(F)cc2O)ccc1N. The normalized spacial score (nSPS) is 10.2. The number of benzene rings is 2. The Labute approximate surface area is 109 Å².